The minimum absolute atomic E-state index is 0. The molecule has 0 N–H and O–H groups in total. The Balaban J connectivity index is -0.0000000612. The van der Waals surface area contributed by atoms with Crippen molar-refractivity contribution in [2.75, 3.05) is 0 Å². The van der Waals surface area contributed by atoms with Crippen LogP contribution in [-0.2, 0) is 21.1 Å². The van der Waals surface area contributed by atoms with Crippen LogP contribution >= 0.6 is 0 Å². The average molecular weight is 333 g/mol. The average Bonchev–Trinajstić information content (AvgIpc) is 1.87. The van der Waals surface area contributed by atoms with Gasteiger partial charge in [0.25, 0.3) is 0 Å². The molecule has 0 aliphatic heterocycles. The fourth-order valence-electron chi connectivity index (χ4n) is 0.718. The van der Waals surface area contributed by atoms with E-state index in [2.05, 4.69) is 32.0 Å². The molecule has 0 saturated carbocycles. The Bertz CT molecular complexity index is 137. The van der Waals surface area contributed by atoms with Crippen molar-refractivity contribution in [1.29, 1.82) is 0 Å². The third kappa shape index (κ3) is 7.94. The van der Waals surface area contributed by atoms with Gasteiger partial charge in [-0.05, 0) is 0 Å². The summed E-state index contributed by atoms with van der Waals surface area (Å²) in [6.07, 6.45) is 0. The van der Waals surface area contributed by atoms with E-state index in [9.17, 15) is 0 Å². The third-order valence-electron chi connectivity index (χ3n) is 1.06. The van der Waals surface area contributed by atoms with E-state index in [-0.39, 0.29) is 43.3 Å². The summed E-state index contributed by atoms with van der Waals surface area (Å²) in [6, 6.07) is 6.41. The Labute approximate surface area is 86.7 Å². The van der Waals surface area contributed by atoms with E-state index < -0.39 is 0 Å². The number of hydrogen-bond donors (Lipinski definition) is 0. The molecule has 1 aromatic rings. The first-order valence-corrected chi connectivity index (χ1v) is 2.49. The van der Waals surface area contributed by atoms with Crippen molar-refractivity contribution in [3.63, 3.8) is 0 Å². The summed E-state index contributed by atoms with van der Waals surface area (Å²) in [7, 11) is 0. The molecule has 0 saturated heterocycles. The molecule has 0 aromatic heterocycles. The summed E-state index contributed by atoms with van der Waals surface area (Å²) in [6.45, 7) is 4.21. The predicted octanol–water partition coefficient (Wildman–Crippen LogP) is 3.37. The number of rotatable bonds is 0. The summed E-state index contributed by atoms with van der Waals surface area (Å²) in [5, 5.41) is 0. The second kappa shape index (κ2) is 10.0. The van der Waals surface area contributed by atoms with Crippen LogP contribution in [-0.4, -0.2) is 0 Å². The van der Waals surface area contributed by atoms with E-state index in [1.54, 1.807) is 0 Å². The van der Waals surface area contributed by atoms with Gasteiger partial charge in [-0.2, -0.15) is 17.7 Å². The summed E-state index contributed by atoms with van der Waals surface area (Å²) >= 11 is 0. The van der Waals surface area contributed by atoms with Crippen LogP contribution in [0.5, 0.6) is 0 Å². The largest absolute Gasteiger partial charge is 4.00 e. The van der Waals surface area contributed by atoms with Crippen molar-refractivity contribution >= 4 is 0 Å². The van der Waals surface area contributed by atoms with E-state index in [1.807, 2.05) is 0 Å². The van der Waals surface area contributed by atoms with Crippen molar-refractivity contribution < 1.29 is 21.1 Å². The molecule has 11 heavy (non-hydrogen) atoms. The quantitative estimate of drug-likeness (QED) is 0.639. The molecule has 0 bridgehead atoms. The summed E-state index contributed by atoms with van der Waals surface area (Å²) in [5.41, 5.74) is 2.72. The molecule has 0 fully saturated rings. The first-order chi connectivity index (χ1) is 3.29. The van der Waals surface area contributed by atoms with Gasteiger partial charge in [0.15, 0.2) is 0 Å². The Hall–Kier alpha value is 0.0383. The van der Waals surface area contributed by atoms with E-state index >= 15 is 0 Å². The molecule has 1 rings (SSSR count). The molecule has 0 aliphatic carbocycles. The maximum atomic E-state index is 2.17. The monoisotopic (exact) mass is 333 g/mol. The molecule has 1 aromatic carbocycles. The zero-order valence-corrected chi connectivity index (χ0v) is 10.3. The zero-order valence-electron chi connectivity index (χ0n) is 8.05. The number of aryl methyl sites for hydroxylation is 2. The van der Waals surface area contributed by atoms with Gasteiger partial charge >= 0.3 is 21.1 Å². The van der Waals surface area contributed by atoms with Gasteiger partial charge in [-0.15, -0.1) is 0 Å². The zero-order chi connectivity index (χ0) is 5.28. The van der Waals surface area contributed by atoms with Crippen LogP contribution in [0.15, 0.2) is 18.2 Å². The van der Waals surface area contributed by atoms with E-state index in [0.717, 1.165) is 0 Å². The maximum Gasteiger partial charge on any atom is 4.00 e. The van der Waals surface area contributed by atoms with E-state index in [1.165, 1.54) is 11.1 Å². The van der Waals surface area contributed by atoms with Crippen LogP contribution in [0, 0.1) is 36.1 Å². The predicted molar refractivity (Wildman–Crippen MR) is 50.8 cm³/mol. The molecule has 0 unspecified atom stereocenters. The fraction of sp³-hybridized carbons (Fsp3) is 0.200. The smallest absolute Gasteiger partial charge is 0.358 e. The molecule has 0 heterocycles. The molecular weight excluding hydrogens is 315 g/mol. The van der Waals surface area contributed by atoms with Gasteiger partial charge < -0.3 is 22.3 Å². The van der Waals surface area contributed by atoms with Crippen LogP contribution in [0.2, 0.25) is 0 Å². The minimum Gasteiger partial charge on any atom is -0.358 e. The Morgan fingerprint density at radius 2 is 1.64 bits per heavy atom. The molecular formula is C10H18Pt. The van der Waals surface area contributed by atoms with Crippen molar-refractivity contribution in [2.45, 2.75) is 13.8 Å². The fourth-order valence-corrected chi connectivity index (χ4v) is 0.718. The molecule has 0 nitrogen and oxygen atoms in total. The van der Waals surface area contributed by atoms with Gasteiger partial charge in [0, 0.05) is 0 Å². The first-order valence-electron chi connectivity index (χ1n) is 2.49. The van der Waals surface area contributed by atoms with Crippen LogP contribution in [0.25, 0.3) is 0 Å². The van der Waals surface area contributed by atoms with Crippen molar-refractivity contribution in [2.24, 2.45) is 0 Å². The minimum atomic E-state index is 0. The molecule has 0 spiro atoms. The molecule has 68 valence electrons. The van der Waals surface area contributed by atoms with Crippen LogP contribution in [0.1, 0.15) is 11.1 Å². The molecule has 0 aliphatic rings. The van der Waals surface area contributed by atoms with Crippen LogP contribution in [0.3, 0.4) is 0 Å². The van der Waals surface area contributed by atoms with Gasteiger partial charge in [-0.3, -0.25) is 0 Å². The van der Waals surface area contributed by atoms with Gasteiger partial charge in [0.2, 0.25) is 0 Å². The third-order valence-corrected chi connectivity index (χ3v) is 1.06. The first kappa shape index (κ1) is 22.5. The molecule has 0 atom stereocenters. The summed E-state index contributed by atoms with van der Waals surface area (Å²) < 4.78 is 0. The normalized spacial score (nSPS) is 6.00. The second-order valence-corrected chi connectivity index (χ2v) is 1.97. The molecule has 1 heteroatoms. The van der Waals surface area contributed by atoms with Crippen LogP contribution < -0.4 is 0 Å². The Morgan fingerprint density at radius 1 is 1.18 bits per heavy atom. The molecule has 0 radical (unpaired) electrons. The van der Waals surface area contributed by atoms with Crippen molar-refractivity contribution in [3.8, 4) is 0 Å². The topological polar surface area (TPSA) is 0 Å². The standard InChI is InChI=1S/C7H9.3CH3.Pt/c1-6-3-4-7(2)5-6;;;;/h3-5H,1-2H3;3*1H3;/q4*-1;+4. The van der Waals surface area contributed by atoms with Crippen molar-refractivity contribution in [1.82, 2.24) is 0 Å². The Kier molecular flexibility index (Phi) is 20.5. The van der Waals surface area contributed by atoms with Gasteiger partial charge in [-0.25, -0.2) is 11.6 Å². The maximum absolute atomic E-state index is 2.17. The van der Waals surface area contributed by atoms with E-state index in [0.29, 0.717) is 0 Å². The summed E-state index contributed by atoms with van der Waals surface area (Å²) in [4.78, 5) is 0. The number of hydrogen-bond acceptors (Lipinski definition) is 0. The van der Waals surface area contributed by atoms with Crippen LogP contribution in [0.4, 0.5) is 0 Å². The Morgan fingerprint density at radius 3 is 1.73 bits per heavy atom. The van der Waals surface area contributed by atoms with Gasteiger partial charge in [-0.1, -0.05) is 13.8 Å². The van der Waals surface area contributed by atoms with Gasteiger partial charge in [0.05, 0.1) is 0 Å². The second-order valence-electron chi connectivity index (χ2n) is 1.97. The van der Waals surface area contributed by atoms with Gasteiger partial charge in [0.1, 0.15) is 0 Å². The van der Waals surface area contributed by atoms with E-state index in [4.69, 9.17) is 0 Å². The van der Waals surface area contributed by atoms with Crippen molar-refractivity contribution in [3.05, 3.63) is 51.6 Å². The molecule has 0 amide bonds. The SMILES string of the molecule is Cc1cc[c-](C)c1.[CH3-].[CH3-].[CH3-].[Pt+4]. The summed E-state index contributed by atoms with van der Waals surface area (Å²) in [5.74, 6) is 0.